The van der Waals surface area contributed by atoms with Gasteiger partial charge in [-0.25, -0.2) is 9.59 Å². The second-order valence-corrected chi connectivity index (χ2v) is 6.44. The fourth-order valence-electron chi connectivity index (χ4n) is 1.20. The predicted octanol–water partition coefficient (Wildman–Crippen LogP) is 1.74. The molecule has 0 saturated carbocycles. The van der Waals surface area contributed by atoms with E-state index in [1.165, 1.54) is 0 Å². The monoisotopic (exact) mass is 313 g/mol. The Morgan fingerprint density at radius 2 is 1.45 bits per heavy atom. The molecule has 0 aromatic carbocycles. The van der Waals surface area contributed by atoms with Gasteiger partial charge in [0.15, 0.2) is 0 Å². The van der Waals surface area contributed by atoms with E-state index in [0.717, 1.165) is 0 Å². The molecule has 120 valence electrons. The summed E-state index contributed by atoms with van der Waals surface area (Å²) in [4.78, 5) is 18.2. The van der Waals surface area contributed by atoms with Crippen LogP contribution in [0.1, 0.15) is 34.1 Å². The van der Waals surface area contributed by atoms with Gasteiger partial charge in [-0.1, -0.05) is 13.8 Å². The van der Waals surface area contributed by atoms with Gasteiger partial charge in [-0.3, -0.25) is 4.57 Å². The van der Waals surface area contributed by atoms with Crippen molar-refractivity contribution in [1.29, 1.82) is 0 Å². The lowest BCUT2D eigenvalue weighted by Crippen LogP contribution is -2.24. The fourth-order valence-corrected chi connectivity index (χ4v) is 3.06. The zero-order valence-electron chi connectivity index (χ0n) is 12.2. The molecule has 0 radical (unpaired) electrons. The quantitative estimate of drug-likeness (QED) is 0.477. The molecule has 0 aromatic rings. The first-order chi connectivity index (χ1) is 9.10. The molecule has 0 aliphatic heterocycles. The summed E-state index contributed by atoms with van der Waals surface area (Å²) in [5.41, 5.74) is 5.81. The summed E-state index contributed by atoms with van der Waals surface area (Å²) in [6.45, 7) is 8.36. The van der Waals surface area contributed by atoms with Crippen LogP contribution in [0.5, 0.6) is 0 Å². The van der Waals surface area contributed by atoms with Crippen LogP contribution in [0.25, 0.3) is 0 Å². The average Bonchev–Trinajstić information content (AvgIpc) is 2.29. The van der Waals surface area contributed by atoms with Gasteiger partial charge in [0, 0.05) is 0 Å². The highest BCUT2D eigenvalue weighted by Crippen LogP contribution is 2.52. The molecule has 1 unspecified atom stereocenters. The number of aliphatic carboxylic acids is 2. The molecule has 0 spiro atoms. The van der Waals surface area contributed by atoms with Crippen LogP contribution < -0.4 is 5.73 Å². The van der Waals surface area contributed by atoms with Crippen molar-refractivity contribution in [1.82, 2.24) is 0 Å². The van der Waals surface area contributed by atoms with Crippen molar-refractivity contribution in [3.63, 3.8) is 0 Å². The zero-order valence-corrected chi connectivity index (χ0v) is 13.1. The van der Waals surface area contributed by atoms with E-state index in [9.17, 15) is 4.57 Å². The Morgan fingerprint density at radius 3 is 1.65 bits per heavy atom. The molecule has 0 bridgehead atoms. The minimum absolute atomic E-state index is 0.364. The van der Waals surface area contributed by atoms with Crippen LogP contribution in [0.15, 0.2) is 0 Å². The van der Waals surface area contributed by atoms with Gasteiger partial charge in [0.1, 0.15) is 5.78 Å². The van der Waals surface area contributed by atoms with Gasteiger partial charge in [0.2, 0.25) is 0 Å². The molecule has 0 saturated heterocycles. The second kappa shape index (κ2) is 10.8. The third-order valence-corrected chi connectivity index (χ3v) is 4.18. The third-order valence-electron chi connectivity index (χ3n) is 1.92. The Hall–Kier alpha value is -0.950. The van der Waals surface area contributed by atoms with E-state index in [2.05, 4.69) is 0 Å². The van der Waals surface area contributed by atoms with Crippen LogP contribution >= 0.6 is 7.60 Å². The van der Waals surface area contributed by atoms with Gasteiger partial charge in [-0.2, -0.15) is 0 Å². The molecule has 0 rings (SSSR count). The molecule has 4 N–H and O–H groups in total. The number of hydrogen-bond donors (Lipinski definition) is 3. The summed E-state index contributed by atoms with van der Waals surface area (Å²) in [7, 11) is -3.09. The van der Waals surface area contributed by atoms with E-state index in [4.69, 9.17) is 34.6 Å². The number of carboxylic acids is 2. The highest BCUT2D eigenvalue weighted by molar-refractivity contribution is 7.54. The van der Waals surface area contributed by atoms with Gasteiger partial charge in [-0.05, 0) is 26.2 Å². The molecule has 0 heterocycles. The Bertz CT molecular complexity index is 324. The Kier molecular flexibility index (Phi) is 11.5. The average molecular weight is 313 g/mol. The molecule has 0 amide bonds. The maximum absolute atomic E-state index is 12.1. The smallest absolute Gasteiger partial charge is 0.414 e. The number of carbonyl (C=O) groups is 2. The van der Waals surface area contributed by atoms with Crippen molar-refractivity contribution < 1.29 is 33.4 Å². The number of rotatable bonds is 7. The topological polar surface area (TPSA) is 136 Å². The molecule has 1 atom stereocenters. The lowest BCUT2D eigenvalue weighted by Gasteiger charge is -2.24. The normalized spacial score (nSPS) is 12.5. The Labute approximate surface area is 118 Å². The summed E-state index contributed by atoms with van der Waals surface area (Å²) in [5.74, 6) is -3.77. The molecule has 0 fully saturated rings. The molecule has 9 heteroatoms. The van der Waals surface area contributed by atoms with Gasteiger partial charge in [0.05, 0.1) is 13.2 Å². The van der Waals surface area contributed by atoms with Gasteiger partial charge in [0.25, 0.3) is 0 Å². The van der Waals surface area contributed by atoms with Crippen LogP contribution in [0.3, 0.4) is 0 Å². The molecule has 0 aromatic heterocycles. The fraction of sp³-hybridized carbons (Fsp3) is 0.818. The molecular formula is C11H24NO7P. The molecular weight excluding hydrogens is 289 g/mol. The minimum atomic E-state index is -3.09. The summed E-state index contributed by atoms with van der Waals surface area (Å²) in [6.07, 6.45) is 0.650. The number of nitrogens with two attached hydrogens (primary N) is 1. The summed E-state index contributed by atoms with van der Waals surface area (Å²) >= 11 is 0. The summed E-state index contributed by atoms with van der Waals surface area (Å²) < 4.78 is 22.4. The van der Waals surface area contributed by atoms with Crippen LogP contribution in [-0.4, -0.2) is 41.1 Å². The van der Waals surface area contributed by atoms with Crippen molar-refractivity contribution in [2.45, 2.75) is 39.9 Å². The molecule has 20 heavy (non-hydrogen) atoms. The molecule has 0 aliphatic carbocycles. The van der Waals surface area contributed by atoms with E-state index in [-0.39, 0.29) is 0 Å². The lowest BCUT2D eigenvalue weighted by atomic mass is 10.1. The van der Waals surface area contributed by atoms with Gasteiger partial charge < -0.3 is 25.0 Å². The van der Waals surface area contributed by atoms with E-state index < -0.39 is 25.3 Å². The summed E-state index contributed by atoms with van der Waals surface area (Å²) in [6, 6.07) is 0. The maximum atomic E-state index is 12.1. The van der Waals surface area contributed by atoms with Crippen molar-refractivity contribution in [3.05, 3.63) is 0 Å². The van der Waals surface area contributed by atoms with Crippen molar-refractivity contribution >= 4 is 19.5 Å². The predicted molar refractivity (Wildman–Crippen MR) is 73.6 cm³/mol. The van der Waals surface area contributed by atoms with Crippen molar-refractivity contribution in [2.24, 2.45) is 11.7 Å². The van der Waals surface area contributed by atoms with E-state index in [1.807, 2.05) is 13.8 Å². The van der Waals surface area contributed by atoms with Crippen LogP contribution in [0.2, 0.25) is 0 Å². The molecule has 8 nitrogen and oxygen atoms in total. The summed E-state index contributed by atoms with van der Waals surface area (Å²) in [5, 5.41) is 14.8. The Balaban J connectivity index is 0. The first kappa shape index (κ1) is 21.4. The highest BCUT2D eigenvalue weighted by atomic mass is 31.2. The SMILES string of the molecule is CCOP(=O)(OCC)C(N)CC(C)C.O=C(O)C(=O)O. The standard InChI is InChI=1S/C9H22NO3P.C2H2O4/c1-5-12-14(11,13-6-2)9(10)7-8(3)4;3-1(4)2(5)6/h8-9H,5-7,10H2,1-4H3;(H,3,4)(H,5,6). The van der Waals surface area contributed by atoms with Crippen LogP contribution in [-0.2, 0) is 23.2 Å². The van der Waals surface area contributed by atoms with Crippen molar-refractivity contribution in [2.75, 3.05) is 13.2 Å². The van der Waals surface area contributed by atoms with Crippen LogP contribution in [0.4, 0.5) is 0 Å². The largest absolute Gasteiger partial charge is 0.473 e. The first-order valence-corrected chi connectivity index (χ1v) is 7.82. The van der Waals surface area contributed by atoms with Crippen molar-refractivity contribution in [3.8, 4) is 0 Å². The van der Waals surface area contributed by atoms with E-state index in [1.54, 1.807) is 13.8 Å². The Morgan fingerprint density at radius 1 is 1.10 bits per heavy atom. The van der Waals surface area contributed by atoms with E-state index in [0.29, 0.717) is 25.6 Å². The third kappa shape index (κ3) is 9.91. The zero-order chi connectivity index (χ0) is 16.3. The highest BCUT2D eigenvalue weighted by Gasteiger charge is 2.32. The van der Waals surface area contributed by atoms with E-state index >= 15 is 0 Å². The van der Waals surface area contributed by atoms with Gasteiger partial charge >= 0.3 is 19.5 Å². The number of hydrogen-bond acceptors (Lipinski definition) is 6. The van der Waals surface area contributed by atoms with Crippen LogP contribution in [0, 0.1) is 5.92 Å². The minimum Gasteiger partial charge on any atom is -0.473 e. The number of carboxylic acid groups (broad SMARTS) is 2. The first-order valence-electron chi connectivity index (χ1n) is 6.21. The second-order valence-electron chi connectivity index (χ2n) is 4.18. The van der Waals surface area contributed by atoms with Gasteiger partial charge in [-0.15, -0.1) is 0 Å². The lowest BCUT2D eigenvalue weighted by molar-refractivity contribution is -0.159. The maximum Gasteiger partial charge on any atom is 0.414 e. The molecule has 0 aliphatic rings.